The van der Waals surface area contributed by atoms with E-state index in [0.29, 0.717) is 11.8 Å². The smallest absolute Gasteiger partial charge is 0.677 e. The Morgan fingerprint density at radius 2 is 1.08 bits per heavy atom. The second-order valence-corrected chi connectivity index (χ2v) is 22.6. The van der Waals surface area contributed by atoms with Gasteiger partial charge in [-0.1, -0.05) is 150 Å². The van der Waals surface area contributed by atoms with Crippen molar-refractivity contribution in [1.82, 2.24) is 4.98 Å². The predicted octanol–water partition coefficient (Wildman–Crippen LogP) is 11.4. The summed E-state index contributed by atoms with van der Waals surface area (Å²) in [6, 6.07) is 19.3. The van der Waals surface area contributed by atoms with Crippen molar-refractivity contribution in [2.24, 2.45) is 0 Å². The molecule has 0 bridgehead atoms. The van der Waals surface area contributed by atoms with E-state index in [1.54, 1.807) is 0 Å². The molecule has 0 saturated heterocycles. The molecule has 0 saturated carbocycles. The molecule has 1 heterocycles. The molecular formula is C33H51N3Si2Zn. The van der Waals surface area contributed by atoms with Crippen LogP contribution < -0.4 is 0 Å². The van der Waals surface area contributed by atoms with Gasteiger partial charge in [-0.25, -0.2) is 0 Å². The maximum atomic E-state index is 5.19. The second kappa shape index (κ2) is 14.9. The summed E-state index contributed by atoms with van der Waals surface area (Å²) in [5.41, 5.74) is 9.55. The summed E-state index contributed by atoms with van der Waals surface area (Å²) < 4.78 is 4.82. The average molecular weight is 611 g/mol. The van der Waals surface area contributed by atoms with Crippen LogP contribution in [0.5, 0.6) is 0 Å². The van der Waals surface area contributed by atoms with E-state index in [-0.39, 0.29) is 25.5 Å². The van der Waals surface area contributed by atoms with Crippen molar-refractivity contribution >= 4 is 22.2 Å². The first-order valence-corrected chi connectivity index (χ1v) is 21.0. The first kappa shape index (κ1) is 35.4. The third-order valence-electron chi connectivity index (χ3n) is 6.27. The number of hydrogen-bond acceptors (Lipinski definition) is 1. The van der Waals surface area contributed by atoms with Crippen LogP contribution in [0.4, 0.5) is 5.69 Å². The predicted molar refractivity (Wildman–Crippen MR) is 175 cm³/mol. The number of hydrogen-bond donors (Lipinski definition) is 0. The fourth-order valence-electron chi connectivity index (χ4n) is 4.97. The van der Waals surface area contributed by atoms with E-state index in [1.165, 1.54) is 27.8 Å². The Labute approximate surface area is 255 Å². The number of aryl methyl sites for hydroxylation is 2. The molecule has 1 aromatic heterocycles. The number of benzene rings is 2. The third kappa shape index (κ3) is 11.1. The number of pyridine rings is 1. The van der Waals surface area contributed by atoms with E-state index in [2.05, 4.69) is 142 Å². The van der Waals surface area contributed by atoms with Crippen LogP contribution in [0.2, 0.25) is 39.3 Å². The molecule has 208 valence electrons. The van der Waals surface area contributed by atoms with E-state index in [1.807, 2.05) is 0 Å². The summed E-state index contributed by atoms with van der Waals surface area (Å²) in [7, 11) is -2.21. The number of para-hydroxylation sites is 1. The molecule has 6 heteroatoms. The Morgan fingerprint density at radius 3 is 1.49 bits per heavy atom. The number of nitrogens with zero attached hydrogens (tertiary/aromatic N) is 3. The molecule has 0 N–H and O–H groups in total. The molecule has 0 aliphatic rings. The third-order valence-corrected chi connectivity index (χ3v) is 11.6. The standard InChI is InChI=1S/C27H33N2.C6H18NSi2.Zn/c1-17(2)22-13-9-14-23(18(3)4)27(22)28-21(7)24-15-10-16-25(29-24)26-19(5)11-8-12-20(26)6;1-8(2,3)7-9(4,5)6;/h8-18,21H,1-7H3;1-6H3;/q2*-1;+2/t21-;;/m1../s1. The summed E-state index contributed by atoms with van der Waals surface area (Å²) in [5, 5.41) is 5.19. The summed E-state index contributed by atoms with van der Waals surface area (Å²) in [6.45, 7) is 29.2. The minimum absolute atomic E-state index is 0. The zero-order chi connectivity index (χ0) is 28.8. The first-order valence-electron chi connectivity index (χ1n) is 14.1. The van der Waals surface area contributed by atoms with Crippen molar-refractivity contribution in [3.63, 3.8) is 0 Å². The van der Waals surface area contributed by atoms with Gasteiger partial charge in [0.25, 0.3) is 0 Å². The van der Waals surface area contributed by atoms with Crippen molar-refractivity contribution in [2.45, 2.75) is 106 Å². The normalized spacial score (nSPS) is 12.5. The van der Waals surface area contributed by atoms with Crippen LogP contribution in [0.1, 0.15) is 80.4 Å². The second-order valence-electron chi connectivity index (χ2n) is 13.1. The van der Waals surface area contributed by atoms with Crippen LogP contribution in [0.3, 0.4) is 0 Å². The molecule has 0 aliphatic carbocycles. The van der Waals surface area contributed by atoms with Gasteiger partial charge in [-0.2, -0.15) is 0 Å². The van der Waals surface area contributed by atoms with Crippen molar-refractivity contribution in [3.05, 3.63) is 92.5 Å². The molecule has 2 aromatic carbocycles. The van der Waals surface area contributed by atoms with Crippen LogP contribution in [0.25, 0.3) is 21.2 Å². The molecular weight excluding hydrogens is 560 g/mol. The van der Waals surface area contributed by atoms with Gasteiger partial charge in [0, 0.05) is 11.3 Å². The monoisotopic (exact) mass is 609 g/mol. The maximum Gasteiger partial charge on any atom is 2.00 e. The number of rotatable bonds is 8. The van der Waals surface area contributed by atoms with E-state index in [4.69, 9.17) is 14.9 Å². The van der Waals surface area contributed by atoms with Crippen LogP contribution in [-0.4, -0.2) is 21.5 Å². The quantitative estimate of drug-likeness (QED) is 0.234. The van der Waals surface area contributed by atoms with Gasteiger partial charge in [-0.05, 0) is 48.9 Å². The minimum Gasteiger partial charge on any atom is -0.677 e. The molecule has 0 spiro atoms. The Bertz CT molecular complexity index is 1140. The van der Waals surface area contributed by atoms with Gasteiger partial charge in [0.2, 0.25) is 0 Å². The maximum absolute atomic E-state index is 5.19. The van der Waals surface area contributed by atoms with Crippen LogP contribution in [0, 0.1) is 13.8 Å². The average Bonchev–Trinajstić information content (AvgIpc) is 2.77. The van der Waals surface area contributed by atoms with Gasteiger partial charge in [-0.15, -0.1) is 5.69 Å². The molecule has 1 atom stereocenters. The Kier molecular flexibility index (Phi) is 13.5. The summed E-state index contributed by atoms with van der Waals surface area (Å²) in [4.78, 5) is 5.02. The van der Waals surface area contributed by atoms with E-state index in [0.717, 1.165) is 17.1 Å². The summed E-state index contributed by atoms with van der Waals surface area (Å²) in [6.07, 6.45) is 0. The largest absolute Gasteiger partial charge is 2.00 e. The zero-order valence-corrected chi connectivity index (χ0v) is 31.9. The zero-order valence-electron chi connectivity index (χ0n) is 27.0. The molecule has 0 fully saturated rings. The van der Waals surface area contributed by atoms with Gasteiger partial charge in [0.05, 0.1) is 5.69 Å². The van der Waals surface area contributed by atoms with Crippen molar-refractivity contribution in [3.8, 4) is 11.3 Å². The first-order chi connectivity index (χ1) is 17.5. The molecule has 0 unspecified atom stereocenters. The summed E-state index contributed by atoms with van der Waals surface area (Å²) >= 11 is 0. The fraction of sp³-hybridized carbons (Fsp3) is 0.485. The fourth-order valence-corrected chi connectivity index (χ4v) is 13.0. The Morgan fingerprint density at radius 1 is 0.641 bits per heavy atom. The van der Waals surface area contributed by atoms with Crippen LogP contribution in [-0.2, 0) is 19.5 Å². The van der Waals surface area contributed by atoms with Crippen LogP contribution in [0.15, 0.2) is 54.6 Å². The Balaban J connectivity index is 0.000000656. The van der Waals surface area contributed by atoms with Gasteiger partial charge in [0.1, 0.15) is 0 Å². The molecule has 0 radical (unpaired) electrons. The number of aromatic nitrogens is 1. The SMILES string of the molecule is C[Si](C)(C)[N-][Si](C)(C)C.Cc1cccc(C)c1-c1cccc([C@@H](C)[N-]c2c(C(C)C)cccc2C(C)C)n1.[Zn+2]. The van der Waals surface area contributed by atoms with Crippen LogP contribution >= 0.6 is 0 Å². The Hall–Kier alpha value is -1.59. The van der Waals surface area contributed by atoms with Crippen molar-refractivity contribution < 1.29 is 19.5 Å². The topological polar surface area (TPSA) is 41.1 Å². The van der Waals surface area contributed by atoms with Gasteiger partial charge < -0.3 is 9.96 Å². The molecule has 39 heavy (non-hydrogen) atoms. The summed E-state index contributed by atoms with van der Waals surface area (Å²) in [5.74, 6) is 0.877. The van der Waals surface area contributed by atoms with Gasteiger partial charge in [0.15, 0.2) is 0 Å². The molecule has 3 nitrogen and oxygen atoms in total. The molecule has 0 aliphatic heterocycles. The van der Waals surface area contributed by atoms with Gasteiger partial charge in [-0.3, -0.25) is 4.98 Å². The van der Waals surface area contributed by atoms with Gasteiger partial charge >= 0.3 is 19.5 Å². The van der Waals surface area contributed by atoms with Crippen molar-refractivity contribution in [1.29, 1.82) is 0 Å². The molecule has 3 rings (SSSR count). The minimum atomic E-state index is -1.11. The molecule has 0 amide bonds. The van der Waals surface area contributed by atoms with E-state index >= 15 is 0 Å². The molecule has 3 aromatic rings. The van der Waals surface area contributed by atoms with E-state index in [9.17, 15) is 0 Å². The van der Waals surface area contributed by atoms with E-state index < -0.39 is 16.5 Å². The van der Waals surface area contributed by atoms with Crippen molar-refractivity contribution in [2.75, 3.05) is 0 Å².